The molecule has 3 heteroatoms. The molecule has 0 fully saturated rings. The number of hydrogen-bond acceptors (Lipinski definition) is 2. The minimum Gasteiger partial charge on any atom is -0.370 e. The van der Waals surface area contributed by atoms with Crippen LogP contribution in [0.4, 0.5) is 5.69 Å². The highest BCUT2D eigenvalue weighted by molar-refractivity contribution is 5.95. The number of para-hydroxylation sites is 1. The van der Waals surface area contributed by atoms with E-state index in [0.29, 0.717) is 5.92 Å². The third-order valence-electron chi connectivity index (χ3n) is 3.86. The van der Waals surface area contributed by atoms with Gasteiger partial charge in [0.1, 0.15) is 0 Å². The lowest BCUT2D eigenvalue weighted by Crippen LogP contribution is -2.25. The minimum atomic E-state index is 0.0862. The molecular formula is C16H20N2O. The molecule has 1 aromatic heterocycles. The monoisotopic (exact) mass is 256 g/mol. The number of aromatic nitrogens is 1. The highest BCUT2D eigenvalue weighted by atomic mass is 16.1. The summed E-state index contributed by atoms with van der Waals surface area (Å²) in [4.78, 5) is 17.6. The van der Waals surface area contributed by atoms with Crippen molar-refractivity contribution in [3.8, 4) is 0 Å². The number of nitrogens with zero attached hydrogens (tertiary/aromatic N) is 1. The lowest BCUT2D eigenvalue weighted by molar-refractivity contribution is 0.623. The lowest BCUT2D eigenvalue weighted by Gasteiger charge is -2.23. The Hall–Kier alpha value is -1.77. The van der Waals surface area contributed by atoms with Crippen molar-refractivity contribution in [2.45, 2.75) is 27.2 Å². The molecule has 0 saturated heterocycles. The molecule has 0 spiro atoms. The Bertz CT molecular complexity index is 685. The predicted molar refractivity (Wildman–Crippen MR) is 80.1 cm³/mol. The zero-order valence-electron chi connectivity index (χ0n) is 11.8. The van der Waals surface area contributed by atoms with Gasteiger partial charge in [-0.1, -0.05) is 32.0 Å². The van der Waals surface area contributed by atoms with Crippen LogP contribution in [0.5, 0.6) is 0 Å². The number of aryl methyl sites for hydroxylation is 1. The van der Waals surface area contributed by atoms with Gasteiger partial charge < -0.3 is 9.88 Å². The predicted octanol–water partition coefficient (Wildman–Crippen LogP) is 2.86. The van der Waals surface area contributed by atoms with E-state index in [4.69, 9.17) is 0 Å². The van der Waals surface area contributed by atoms with Crippen LogP contribution in [0.25, 0.3) is 10.9 Å². The fourth-order valence-electron chi connectivity index (χ4n) is 3.07. The van der Waals surface area contributed by atoms with Gasteiger partial charge in [0.15, 0.2) is 0 Å². The number of anilines is 1. The third kappa shape index (κ3) is 1.93. The minimum absolute atomic E-state index is 0.0862. The van der Waals surface area contributed by atoms with E-state index in [1.165, 1.54) is 5.39 Å². The number of hydrogen-bond donors (Lipinski definition) is 1. The first-order valence-electron chi connectivity index (χ1n) is 6.97. The normalized spacial score (nSPS) is 14.4. The summed E-state index contributed by atoms with van der Waals surface area (Å²) >= 11 is 0. The number of benzene rings is 1. The van der Waals surface area contributed by atoms with E-state index in [9.17, 15) is 4.79 Å². The van der Waals surface area contributed by atoms with Gasteiger partial charge in [-0.15, -0.1) is 0 Å². The Balaban J connectivity index is 2.28. The van der Waals surface area contributed by atoms with Crippen LogP contribution < -0.4 is 10.5 Å². The summed E-state index contributed by atoms with van der Waals surface area (Å²) in [5, 5.41) is 1.19. The van der Waals surface area contributed by atoms with Crippen LogP contribution in [0.1, 0.15) is 25.0 Å². The molecule has 1 N–H and O–H groups in total. The van der Waals surface area contributed by atoms with Crippen LogP contribution in [0.2, 0.25) is 0 Å². The van der Waals surface area contributed by atoms with Crippen LogP contribution in [0.15, 0.2) is 23.0 Å². The van der Waals surface area contributed by atoms with Crippen molar-refractivity contribution >= 4 is 16.6 Å². The summed E-state index contributed by atoms with van der Waals surface area (Å²) in [5.41, 5.74) is 4.33. The van der Waals surface area contributed by atoms with Gasteiger partial charge in [-0.25, -0.2) is 0 Å². The highest BCUT2D eigenvalue weighted by Crippen LogP contribution is 2.33. The summed E-state index contributed by atoms with van der Waals surface area (Å²) in [6.07, 6.45) is 0.862. The SMILES string of the molecule is Cc1cccc2c3c(c(=O)[nH]c12)CCN3CC(C)C. The molecular weight excluding hydrogens is 236 g/mol. The largest absolute Gasteiger partial charge is 0.370 e. The van der Waals surface area contributed by atoms with Crippen LogP contribution in [-0.4, -0.2) is 18.1 Å². The van der Waals surface area contributed by atoms with E-state index < -0.39 is 0 Å². The smallest absolute Gasteiger partial charge is 0.253 e. The van der Waals surface area contributed by atoms with Crippen molar-refractivity contribution in [2.75, 3.05) is 18.0 Å². The highest BCUT2D eigenvalue weighted by Gasteiger charge is 2.25. The number of nitrogens with one attached hydrogen (secondary N) is 1. The van der Waals surface area contributed by atoms with Gasteiger partial charge in [-0.2, -0.15) is 0 Å². The Morgan fingerprint density at radius 3 is 2.89 bits per heavy atom. The Morgan fingerprint density at radius 2 is 2.16 bits per heavy atom. The van der Waals surface area contributed by atoms with Crippen LogP contribution in [0.3, 0.4) is 0 Å². The molecule has 0 bridgehead atoms. The van der Waals surface area contributed by atoms with Gasteiger partial charge in [0.25, 0.3) is 5.56 Å². The van der Waals surface area contributed by atoms with E-state index in [0.717, 1.165) is 41.8 Å². The van der Waals surface area contributed by atoms with Crippen molar-refractivity contribution in [1.82, 2.24) is 4.98 Å². The van der Waals surface area contributed by atoms with Crippen molar-refractivity contribution in [1.29, 1.82) is 0 Å². The number of fused-ring (bicyclic) bond motifs is 3. The quantitative estimate of drug-likeness (QED) is 0.897. The molecule has 19 heavy (non-hydrogen) atoms. The fraction of sp³-hybridized carbons (Fsp3) is 0.438. The molecule has 1 aliphatic rings. The van der Waals surface area contributed by atoms with Crippen LogP contribution >= 0.6 is 0 Å². The number of aromatic amines is 1. The number of rotatable bonds is 2. The molecule has 0 saturated carbocycles. The summed E-state index contributed by atoms with van der Waals surface area (Å²) < 4.78 is 0. The average Bonchev–Trinajstić information content (AvgIpc) is 2.75. The maximum atomic E-state index is 12.2. The van der Waals surface area contributed by atoms with Crippen molar-refractivity contribution in [3.63, 3.8) is 0 Å². The Morgan fingerprint density at radius 1 is 1.37 bits per heavy atom. The van der Waals surface area contributed by atoms with E-state index >= 15 is 0 Å². The van der Waals surface area contributed by atoms with Crippen molar-refractivity contribution < 1.29 is 0 Å². The summed E-state index contributed by atoms with van der Waals surface area (Å²) in [7, 11) is 0. The molecule has 0 radical (unpaired) electrons. The van der Waals surface area contributed by atoms with E-state index in [2.05, 4.69) is 35.9 Å². The second kappa shape index (κ2) is 4.41. The van der Waals surface area contributed by atoms with E-state index in [1.54, 1.807) is 0 Å². The fourth-order valence-corrected chi connectivity index (χ4v) is 3.07. The molecule has 0 atom stereocenters. The first-order valence-corrected chi connectivity index (χ1v) is 6.97. The molecule has 0 amide bonds. The van der Waals surface area contributed by atoms with Crippen molar-refractivity contribution in [2.24, 2.45) is 5.92 Å². The topological polar surface area (TPSA) is 36.1 Å². The lowest BCUT2D eigenvalue weighted by atomic mass is 10.1. The Labute approximate surface area is 113 Å². The maximum absolute atomic E-state index is 12.2. The Kier molecular flexibility index (Phi) is 2.85. The second-order valence-electron chi connectivity index (χ2n) is 5.87. The first kappa shape index (κ1) is 12.3. The van der Waals surface area contributed by atoms with Crippen LogP contribution in [0, 0.1) is 12.8 Å². The van der Waals surface area contributed by atoms with Crippen LogP contribution in [-0.2, 0) is 6.42 Å². The van der Waals surface area contributed by atoms with E-state index in [1.807, 2.05) is 13.0 Å². The zero-order chi connectivity index (χ0) is 13.6. The van der Waals surface area contributed by atoms with Crippen molar-refractivity contribution in [3.05, 3.63) is 39.7 Å². The summed E-state index contributed by atoms with van der Waals surface area (Å²) in [5.74, 6) is 0.602. The van der Waals surface area contributed by atoms with E-state index in [-0.39, 0.29) is 5.56 Å². The third-order valence-corrected chi connectivity index (χ3v) is 3.86. The second-order valence-corrected chi connectivity index (χ2v) is 5.87. The van der Waals surface area contributed by atoms with Gasteiger partial charge >= 0.3 is 0 Å². The molecule has 1 aliphatic heterocycles. The molecule has 0 aliphatic carbocycles. The molecule has 3 nitrogen and oxygen atoms in total. The first-order chi connectivity index (χ1) is 9.08. The molecule has 3 rings (SSSR count). The van der Waals surface area contributed by atoms with Gasteiger partial charge in [-0.3, -0.25) is 4.79 Å². The number of H-pyrrole nitrogens is 1. The maximum Gasteiger partial charge on any atom is 0.253 e. The van der Waals surface area contributed by atoms with Gasteiger partial charge in [0, 0.05) is 24.0 Å². The molecule has 2 aromatic rings. The molecule has 100 valence electrons. The molecule has 0 unspecified atom stereocenters. The number of pyridine rings is 1. The summed E-state index contributed by atoms with van der Waals surface area (Å²) in [6, 6.07) is 6.24. The average molecular weight is 256 g/mol. The molecule has 2 heterocycles. The zero-order valence-corrected chi connectivity index (χ0v) is 11.8. The van der Waals surface area contributed by atoms with Gasteiger partial charge in [0.05, 0.1) is 11.2 Å². The van der Waals surface area contributed by atoms with Gasteiger partial charge in [-0.05, 0) is 24.8 Å². The molecule has 1 aromatic carbocycles. The summed E-state index contributed by atoms with van der Waals surface area (Å²) in [6.45, 7) is 8.47. The van der Waals surface area contributed by atoms with Gasteiger partial charge in [0.2, 0.25) is 0 Å². The standard InChI is InChI=1S/C16H20N2O/c1-10(2)9-18-8-7-13-15(18)12-6-4-5-11(3)14(12)17-16(13)19/h4-6,10H,7-9H2,1-3H3,(H,17,19).